The van der Waals surface area contributed by atoms with Crippen molar-refractivity contribution in [2.75, 3.05) is 0 Å². The van der Waals surface area contributed by atoms with Crippen molar-refractivity contribution in [3.05, 3.63) is 18.7 Å². The lowest BCUT2D eigenvalue weighted by molar-refractivity contribution is 0.567. The van der Waals surface area contributed by atoms with Crippen LogP contribution in [0.5, 0.6) is 0 Å². The van der Waals surface area contributed by atoms with Gasteiger partial charge in [0.2, 0.25) is 0 Å². The van der Waals surface area contributed by atoms with Crippen molar-refractivity contribution in [3.63, 3.8) is 0 Å². The third kappa shape index (κ3) is 0.500. The van der Waals surface area contributed by atoms with Crippen LogP contribution in [-0.4, -0.2) is 16.6 Å². The maximum Gasteiger partial charge on any atom is 0.133 e. The minimum Gasteiger partial charge on any atom is -0.470 e. The van der Waals surface area contributed by atoms with E-state index in [1.54, 1.807) is 18.7 Å². The van der Waals surface area contributed by atoms with E-state index in [0.717, 1.165) is 10.9 Å². The second-order valence-electron chi connectivity index (χ2n) is 1.89. The third-order valence-electron chi connectivity index (χ3n) is 1.33. The number of aromatic nitrogens is 2. The Balaban J connectivity index is 2.88. The van der Waals surface area contributed by atoms with Crippen LogP contribution in [-0.2, 0) is 0 Å². The topological polar surface area (TPSA) is 43.3 Å². The molecule has 0 saturated heterocycles. The Morgan fingerprint density at radius 1 is 1.60 bits per heavy atom. The summed E-state index contributed by atoms with van der Waals surface area (Å²) in [6.07, 6.45) is 4.87. The molecule has 0 amide bonds. The number of rotatable bonds is 1. The lowest BCUT2D eigenvalue weighted by atomic mass is 10.4. The number of fused-ring (bicyclic) bond motifs is 1. The molecule has 0 unspecified atom stereocenters. The van der Waals surface area contributed by atoms with Crippen molar-refractivity contribution in [1.82, 2.24) is 9.89 Å². The first-order valence-electron chi connectivity index (χ1n) is 2.79. The van der Waals surface area contributed by atoms with Gasteiger partial charge in [-0.25, -0.2) is 0 Å². The quantitative estimate of drug-likeness (QED) is 0.549. The predicted octanol–water partition coefficient (Wildman–Crippen LogP) is 1.09. The highest BCUT2D eigenvalue weighted by molar-refractivity contribution is 5.76. The van der Waals surface area contributed by atoms with Crippen molar-refractivity contribution >= 4 is 17.6 Å². The van der Waals surface area contributed by atoms with Crippen LogP contribution in [0.2, 0.25) is 0 Å². The van der Waals surface area contributed by atoms with Gasteiger partial charge in [0.25, 0.3) is 0 Å². The van der Waals surface area contributed by atoms with E-state index in [4.69, 9.17) is 4.42 Å². The third-order valence-corrected chi connectivity index (χ3v) is 1.33. The Morgan fingerprint density at radius 2 is 2.50 bits per heavy atom. The van der Waals surface area contributed by atoms with Gasteiger partial charge in [0, 0.05) is 6.72 Å². The van der Waals surface area contributed by atoms with Crippen LogP contribution in [0.25, 0.3) is 10.9 Å². The molecule has 2 heterocycles. The van der Waals surface area contributed by atoms with Crippen molar-refractivity contribution < 1.29 is 4.42 Å². The van der Waals surface area contributed by atoms with Gasteiger partial charge in [-0.2, -0.15) is 10.2 Å². The van der Waals surface area contributed by atoms with Crippen LogP contribution in [0, 0.1) is 0 Å². The van der Waals surface area contributed by atoms with Crippen LogP contribution in [0.15, 0.2) is 28.2 Å². The Morgan fingerprint density at radius 3 is 3.30 bits per heavy atom. The second-order valence-corrected chi connectivity index (χ2v) is 1.89. The maximum atomic E-state index is 4.90. The van der Waals surface area contributed by atoms with Gasteiger partial charge in [-0.15, -0.1) is 4.79 Å². The first kappa shape index (κ1) is 5.22. The molecular weight excluding hydrogens is 130 g/mol. The minimum atomic E-state index is 0.843. The Bertz CT molecular complexity index is 360. The van der Waals surface area contributed by atoms with Crippen LogP contribution < -0.4 is 0 Å². The van der Waals surface area contributed by atoms with E-state index in [0.29, 0.717) is 0 Å². The zero-order valence-electron chi connectivity index (χ0n) is 5.19. The molecule has 0 saturated carbocycles. The molecule has 0 aromatic carbocycles. The fourth-order valence-corrected chi connectivity index (χ4v) is 0.851. The molecular formula is C6H5N3O. The molecule has 0 fully saturated rings. The molecule has 0 N–H and O–H groups in total. The number of hydrogen-bond donors (Lipinski definition) is 0. The van der Waals surface area contributed by atoms with Crippen LogP contribution in [0.3, 0.4) is 0 Å². The molecule has 50 valence electrons. The molecule has 0 aliphatic rings. The van der Waals surface area contributed by atoms with Crippen LogP contribution >= 0.6 is 0 Å². The van der Waals surface area contributed by atoms with Gasteiger partial charge in [0.05, 0.1) is 11.6 Å². The predicted molar refractivity (Wildman–Crippen MR) is 36.9 cm³/mol. The highest BCUT2D eigenvalue weighted by atomic mass is 16.3. The lowest BCUT2D eigenvalue weighted by Crippen LogP contribution is -1.86. The molecule has 0 aliphatic heterocycles. The van der Waals surface area contributed by atoms with Gasteiger partial charge >= 0.3 is 0 Å². The van der Waals surface area contributed by atoms with Crippen molar-refractivity contribution in [2.45, 2.75) is 0 Å². The lowest BCUT2D eigenvalue weighted by Gasteiger charge is -1.84. The van der Waals surface area contributed by atoms with Crippen molar-refractivity contribution in [2.24, 2.45) is 5.10 Å². The zero-order valence-corrected chi connectivity index (χ0v) is 5.19. The Hall–Kier alpha value is -1.58. The molecule has 2 rings (SSSR count). The summed E-state index contributed by atoms with van der Waals surface area (Å²) < 4.78 is 4.90. The van der Waals surface area contributed by atoms with Crippen LogP contribution in [0.1, 0.15) is 0 Å². The van der Waals surface area contributed by atoms with E-state index >= 15 is 0 Å². The number of nitrogens with zero attached hydrogens (tertiary/aromatic N) is 3. The average molecular weight is 135 g/mol. The Labute approximate surface area is 56.7 Å². The molecule has 0 radical (unpaired) electrons. The number of furan rings is 1. The highest BCUT2D eigenvalue weighted by Gasteiger charge is 2.00. The van der Waals surface area contributed by atoms with Crippen molar-refractivity contribution in [3.8, 4) is 0 Å². The monoisotopic (exact) mass is 135 g/mol. The molecule has 4 heteroatoms. The van der Waals surface area contributed by atoms with E-state index in [1.165, 1.54) is 4.79 Å². The summed E-state index contributed by atoms with van der Waals surface area (Å²) in [5.74, 6) is 0. The van der Waals surface area contributed by atoms with Gasteiger partial charge in [0.1, 0.15) is 18.0 Å². The first-order chi connectivity index (χ1) is 4.92. The molecule has 4 nitrogen and oxygen atoms in total. The van der Waals surface area contributed by atoms with E-state index in [2.05, 4.69) is 16.9 Å². The average Bonchev–Trinajstić information content (AvgIpc) is 2.44. The van der Waals surface area contributed by atoms with Gasteiger partial charge in [0.15, 0.2) is 0 Å². The smallest absolute Gasteiger partial charge is 0.133 e. The molecule has 2 aromatic rings. The van der Waals surface area contributed by atoms with Gasteiger partial charge in [-0.05, 0) is 0 Å². The van der Waals surface area contributed by atoms with E-state index in [-0.39, 0.29) is 0 Å². The first-order valence-corrected chi connectivity index (χ1v) is 2.79. The summed E-state index contributed by atoms with van der Waals surface area (Å²) in [6.45, 7) is 3.34. The fourth-order valence-electron chi connectivity index (χ4n) is 0.851. The van der Waals surface area contributed by atoms with Gasteiger partial charge < -0.3 is 4.42 Å². The summed E-state index contributed by atoms with van der Waals surface area (Å²) in [6, 6.07) is 0. The summed E-state index contributed by atoms with van der Waals surface area (Å²) in [5, 5.41) is 8.47. The molecule has 0 bridgehead atoms. The normalized spacial score (nSPS) is 10.4. The summed E-state index contributed by atoms with van der Waals surface area (Å²) in [7, 11) is 0. The summed E-state index contributed by atoms with van der Waals surface area (Å²) >= 11 is 0. The second kappa shape index (κ2) is 1.70. The highest BCUT2D eigenvalue weighted by Crippen LogP contribution is 2.12. The van der Waals surface area contributed by atoms with E-state index < -0.39 is 0 Å². The Kier molecular flexibility index (Phi) is 0.887. The van der Waals surface area contributed by atoms with Gasteiger partial charge in [-0.1, -0.05) is 0 Å². The molecule has 0 atom stereocenters. The maximum absolute atomic E-state index is 4.90. The van der Waals surface area contributed by atoms with Crippen LogP contribution in [0.4, 0.5) is 0 Å². The largest absolute Gasteiger partial charge is 0.470 e. The molecule has 2 aromatic heterocycles. The minimum absolute atomic E-state index is 0.843. The standard InChI is InChI=1S/C6H5N3O/c1-7-9-6-4-10-3-5(6)2-8-9/h2-4H,1H2. The van der Waals surface area contributed by atoms with Gasteiger partial charge in [-0.3, -0.25) is 0 Å². The summed E-state index contributed by atoms with van der Waals surface area (Å²) in [5.41, 5.74) is 0.843. The molecule has 10 heavy (non-hydrogen) atoms. The zero-order chi connectivity index (χ0) is 6.97. The fraction of sp³-hybridized carbons (Fsp3) is 0. The van der Waals surface area contributed by atoms with E-state index in [1.807, 2.05) is 0 Å². The number of hydrogen-bond acceptors (Lipinski definition) is 3. The summed E-state index contributed by atoms with van der Waals surface area (Å²) in [4.78, 5) is 1.42. The van der Waals surface area contributed by atoms with Crippen molar-refractivity contribution in [1.29, 1.82) is 0 Å². The molecule has 0 spiro atoms. The SMILES string of the molecule is C=Nn1ncc2cocc21. The van der Waals surface area contributed by atoms with E-state index in [9.17, 15) is 0 Å². The molecule has 0 aliphatic carbocycles.